The minimum Gasteiger partial charge on any atom is -0.481 e. The molecule has 0 fully saturated rings. The molecule has 2 aromatic rings. The van der Waals surface area contributed by atoms with E-state index in [2.05, 4.69) is 23.6 Å². The van der Waals surface area contributed by atoms with Gasteiger partial charge in [0.2, 0.25) is 0 Å². The molecule has 1 N–H and O–H groups in total. The van der Waals surface area contributed by atoms with E-state index in [9.17, 15) is 4.79 Å². The van der Waals surface area contributed by atoms with Crippen LogP contribution < -0.4 is 4.74 Å². The molecule has 4 heteroatoms. The van der Waals surface area contributed by atoms with Crippen LogP contribution in [0.1, 0.15) is 31.7 Å². The van der Waals surface area contributed by atoms with Crippen molar-refractivity contribution in [1.82, 2.24) is 4.98 Å². The third kappa shape index (κ3) is 2.72. The summed E-state index contributed by atoms with van der Waals surface area (Å²) in [5.74, 6) is 0.786. The number of aromatic amines is 1. The molecule has 0 aliphatic heterocycles. The predicted molar refractivity (Wildman–Crippen MR) is 74.5 cm³/mol. The number of nitrogens with one attached hydrogen (secondary N) is 1. The van der Waals surface area contributed by atoms with Crippen LogP contribution in [0.3, 0.4) is 0 Å². The van der Waals surface area contributed by atoms with E-state index < -0.39 is 0 Å². The lowest BCUT2D eigenvalue weighted by Crippen LogP contribution is -2.12. The standard InChI is InChI=1S/C15H19NO3/c1-4-10(2)11-8-16-12-6-5-7-13(15(11)12)19-9-14(17)18-3/h5-8,10,16H,4,9H2,1-3H3. The first-order chi connectivity index (χ1) is 9.17. The Kier molecular flexibility index (Phi) is 4.10. The summed E-state index contributed by atoms with van der Waals surface area (Å²) in [6, 6.07) is 5.79. The normalized spacial score (nSPS) is 12.4. The molecule has 1 aromatic carbocycles. The number of ether oxygens (including phenoxy) is 2. The minimum absolute atomic E-state index is 0.0687. The van der Waals surface area contributed by atoms with Crippen molar-refractivity contribution in [2.75, 3.05) is 13.7 Å². The first kappa shape index (κ1) is 13.5. The van der Waals surface area contributed by atoms with Gasteiger partial charge in [-0.05, 0) is 30.0 Å². The van der Waals surface area contributed by atoms with Gasteiger partial charge in [-0.15, -0.1) is 0 Å². The summed E-state index contributed by atoms with van der Waals surface area (Å²) in [7, 11) is 1.35. The van der Waals surface area contributed by atoms with Gasteiger partial charge in [-0.1, -0.05) is 19.9 Å². The van der Waals surface area contributed by atoms with Crippen LogP contribution in [0.2, 0.25) is 0 Å². The van der Waals surface area contributed by atoms with Gasteiger partial charge >= 0.3 is 5.97 Å². The molecule has 0 saturated carbocycles. The summed E-state index contributed by atoms with van der Waals surface area (Å²) < 4.78 is 10.2. The summed E-state index contributed by atoms with van der Waals surface area (Å²) >= 11 is 0. The zero-order chi connectivity index (χ0) is 13.8. The molecule has 0 saturated heterocycles. The molecule has 19 heavy (non-hydrogen) atoms. The third-order valence-corrected chi connectivity index (χ3v) is 3.41. The van der Waals surface area contributed by atoms with E-state index in [1.807, 2.05) is 24.4 Å². The van der Waals surface area contributed by atoms with Gasteiger partial charge in [0.15, 0.2) is 6.61 Å². The molecule has 4 nitrogen and oxygen atoms in total. The lowest BCUT2D eigenvalue weighted by atomic mass is 9.98. The Morgan fingerprint density at radius 1 is 1.42 bits per heavy atom. The minimum atomic E-state index is -0.377. The smallest absolute Gasteiger partial charge is 0.343 e. The number of hydrogen-bond acceptors (Lipinski definition) is 3. The zero-order valence-electron chi connectivity index (χ0n) is 11.5. The first-order valence-corrected chi connectivity index (χ1v) is 6.47. The summed E-state index contributed by atoms with van der Waals surface area (Å²) in [5.41, 5.74) is 2.25. The highest BCUT2D eigenvalue weighted by Crippen LogP contribution is 2.34. The maximum Gasteiger partial charge on any atom is 0.343 e. The van der Waals surface area contributed by atoms with Crippen molar-refractivity contribution in [3.63, 3.8) is 0 Å². The molecule has 0 spiro atoms. The number of hydrogen-bond donors (Lipinski definition) is 1. The van der Waals surface area contributed by atoms with Crippen LogP contribution in [-0.2, 0) is 9.53 Å². The number of carbonyl (C=O) groups is 1. The maximum absolute atomic E-state index is 11.2. The monoisotopic (exact) mass is 261 g/mol. The predicted octanol–water partition coefficient (Wildman–Crippen LogP) is 3.23. The van der Waals surface area contributed by atoms with Crippen molar-refractivity contribution in [3.8, 4) is 5.75 Å². The Morgan fingerprint density at radius 2 is 2.21 bits per heavy atom. The van der Waals surface area contributed by atoms with E-state index in [1.165, 1.54) is 12.7 Å². The van der Waals surface area contributed by atoms with Crippen LogP contribution in [-0.4, -0.2) is 24.7 Å². The highest BCUT2D eigenvalue weighted by Gasteiger charge is 2.14. The van der Waals surface area contributed by atoms with E-state index in [4.69, 9.17) is 4.74 Å². The maximum atomic E-state index is 11.2. The van der Waals surface area contributed by atoms with E-state index in [1.54, 1.807) is 0 Å². The number of benzene rings is 1. The van der Waals surface area contributed by atoms with Crippen molar-refractivity contribution in [1.29, 1.82) is 0 Å². The van der Waals surface area contributed by atoms with Gasteiger partial charge in [0.05, 0.1) is 7.11 Å². The molecule has 0 bridgehead atoms. The van der Waals surface area contributed by atoms with Crippen LogP contribution in [0.4, 0.5) is 0 Å². The molecular formula is C15H19NO3. The van der Waals surface area contributed by atoms with E-state index >= 15 is 0 Å². The highest BCUT2D eigenvalue weighted by molar-refractivity contribution is 5.90. The number of aromatic nitrogens is 1. The molecule has 2 rings (SSSR count). The molecule has 0 aliphatic carbocycles. The first-order valence-electron chi connectivity index (χ1n) is 6.47. The van der Waals surface area contributed by atoms with E-state index in [0.29, 0.717) is 5.92 Å². The average Bonchev–Trinajstić information content (AvgIpc) is 2.88. The van der Waals surface area contributed by atoms with E-state index in [-0.39, 0.29) is 12.6 Å². The number of methoxy groups -OCH3 is 1. The number of carbonyl (C=O) groups excluding carboxylic acids is 1. The quantitative estimate of drug-likeness (QED) is 0.841. The second-order valence-corrected chi connectivity index (χ2v) is 4.60. The Morgan fingerprint density at radius 3 is 2.89 bits per heavy atom. The van der Waals surface area contributed by atoms with Crippen molar-refractivity contribution in [3.05, 3.63) is 30.0 Å². The molecule has 1 aromatic heterocycles. The summed E-state index contributed by atoms with van der Waals surface area (Å²) in [4.78, 5) is 14.4. The van der Waals surface area contributed by atoms with Crippen molar-refractivity contribution in [2.45, 2.75) is 26.2 Å². The molecule has 102 valence electrons. The molecule has 0 amide bonds. The van der Waals surface area contributed by atoms with Crippen molar-refractivity contribution in [2.24, 2.45) is 0 Å². The Bertz CT molecular complexity index is 574. The largest absolute Gasteiger partial charge is 0.481 e. The van der Waals surface area contributed by atoms with Crippen LogP contribution in [0, 0.1) is 0 Å². The van der Waals surface area contributed by atoms with Gasteiger partial charge in [-0.2, -0.15) is 0 Å². The van der Waals surface area contributed by atoms with E-state index in [0.717, 1.165) is 23.1 Å². The van der Waals surface area contributed by atoms with Gasteiger partial charge in [-0.3, -0.25) is 0 Å². The second-order valence-electron chi connectivity index (χ2n) is 4.60. The number of H-pyrrole nitrogens is 1. The fourth-order valence-corrected chi connectivity index (χ4v) is 2.10. The molecule has 0 aliphatic rings. The molecule has 1 unspecified atom stereocenters. The highest BCUT2D eigenvalue weighted by atomic mass is 16.6. The fourth-order valence-electron chi connectivity index (χ4n) is 2.10. The number of esters is 1. The molecule has 0 radical (unpaired) electrons. The lowest BCUT2D eigenvalue weighted by molar-refractivity contribution is -0.142. The van der Waals surface area contributed by atoms with Crippen molar-refractivity contribution >= 4 is 16.9 Å². The zero-order valence-corrected chi connectivity index (χ0v) is 11.5. The third-order valence-electron chi connectivity index (χ3n) is 3.41. The van der Waals surface area contributed by atoms with Gasteiger partial charge in [0.25, 0.3) is 0 Å². The molecular weight excluding hydrogens is 242 g/mol. The van der Waals surface area contributed by atoms with Gasteiger partial charge in [0.1, 0.15) is 5.75 Å². The number of fused-ring (bicyclic) bond motifs is 1. The van der Waals surface area contributed by atoms with Gasteiger partial charge in [-0.25, -0.2) is 4.79 Å². The van der Waals surface area contributed by atoms with Gasteiger partial charge in [0, 0.05) is 17.1 Å². The Labute approximate surface area is 112 Å². The number of rotatable bonds is 5. The summed E-state index contributed by atoms with van der Waals surface area (Å²) in [6.45, 7) is 4.27. The SMILES string of the molecule is CCC(C)c1c[nH]c2cccc(OCC(=O)OC)c12. The van der Waals surface area contributed by atoms with Crippen LogP contribution in [0.25, 0.3) is 10.9 Å². The average molecular weight is 261 g/mol. The second kappa shape index (κ2) is 5.78. The van der Waals surface area contributed by atoms with Crippen LogP contribution in [0.5, 0.6) is 5.75 Å². The topological polar surface area (TPSA) is 51.3 Å². The lowest BCUT2D eigenvalue weighted by Gasteiger charge is -2.11. The Balaban J connectivity index is 2.37. The molecule has 1 heterocycles. The fraction of sp³-hybridized carbons (Fsp3) is 0.400. The summed E-state index contributed by atoms with van der Waals surface area (Å²) in [5, 5.41) is 1.06. The molecule has 1 atom stereocenters. The Hall–Kier alpha value is -1.97. The van der Waals surface area contributed by atoms with Crippen LogP contribution in [0.15, 0.2) is 24.4 Å². The summed E-state index contributed by atoms with van der Waals surface area (Å²) in [6.07, 6.45) is 3.07. The van der Waals surface area contributed by atoms with Gasteiger partial charge < -0.3 is 14.5 Å². The van der Waals surface area contributed by atoms with Crippen LogP contribution >= 0.6 is 0 Å². The van der Waals surface area contributed by atoms with Crippen molar-refractivity contribution < 1.29 is 14.3 Å².